The van der Waals surface area contributed by atoms with Crippen molar-refractivity contribution in [2.75, 3.05) is 20.3 Å². The van der Waals surface area contributed by atoms with Crippen molar-refractivity contribution >= 4 is 19.4 Å². The molecular formula is C7H15BClFO3. The molecule has 3 nitrogen and oxygen atoms in total. The zero-order valence-electron chi connectivity index (χ0n) is 8.09. The molecule has 0 bridgehead atoms. The number of alkyl halides is 2. The van der Waals surface area contributed by atoms with Crippen LogP contribution in [-0.2, 0) is 9.47 Å². The molecule has 0 aromatic heterocycles. The summed E-state index contributed by atoms with van der Waals surface area (Å²) in [4.78, 5) is 0. The molecule has 0 rings (SSSR count). The number of hydrogen-bond donors (Lipinski definition) is 1. The molecule has 6 heteroatoms. The maximum Gasteiger partial charge on any atom is 0.255 e. The van der Waals surface area contributed by atoms with Crippen molar-refractivity contribution in [3.8, 4) is 0 Å². The van der Waals surface area contributed by atoms with E-state index in [0.29, 0.717) is 0 Å². The molecule has 0 amide bonds. The SMILES string of the molecule is BC(OC(F)(CO)COC)[C@H](C)Cl. The van der Waals surface area contributed by atoms with Crippen LogP contribution in [0.1, 0.15) is 6.92 Å². The Hall–Kier alpha value is 0.165. The largest absolute Gasteiger partial charge is 0.390 e. The van der Waals surface area contributed by atoms with Crippen LogP contribution in [0.2, 0.25) is 0 Å². The molecule has 0 saturated carbocycles. The number of rotatable bonds is 6. The van der Waals surface area contributed by atoms with E-state index in [0.717, 1.165) is 0 Å². The lowest BCUT2D eigenvalue weighted by Gasteiger charge is -2.27. The second kappa shape index (κ2) is 5.80. The summed E-state index contributed by atoms with van der Waals surface area (Å²) in [6.45, 7) is 0.642. The van der Waals surface area contributed by atoms with E-state index in [2.05, 4.69) is 4.74 Å². The van der Waals surface area contributed by atoms with Crippen LogP contribution in [0.5, 0.6) is 0 Å². The highest BCUT2D eigenvalue weighted by molar-refractivity contribution is 6.26. The lowest BCUT2D eigenvalue weighted by atomic mass is 9.97. The highest BCUT2D eigenvalue weighted by Gasteiger charge is 2.33. The summed E-state index contributed by atoms with van der Waals surface area (Å²) < 4.78 is 23.0. The van der Waals surface area contributed by atoms with E-state index >= 15 is 0 Å². The van der Waals surface area contributed by atoms with Gasteiger partial charge in [0.2, 0.25) is 0 Å². The Labute approximate surface area is 83.6 Å². The van der Waals surface area contributed by atoms with E-state index < -0.39 is 18.5 Å². The van der Waals surface area contributed by atoms with Crippen molar-refractivity contribution in [2.24, 2.45) is 0 Å². The Morgan fingerprint density at radius 3 is 2.54 bits per heavy atom. The van der Waals surface area contributed by atoms with Crippen molar-refractivity contribution < 1.29 is 19.0 Å². The van der Waals surface area contributed by atoms with E-state index in [1.807, 2.05) is 0 Å². The summed E-state index contributed by atoms with van der Waals surface area (Å²) in [6, 6.07) is -0.478. The van der Waals surface area contributed by atoms with Crippen LogP contribution < -0.4 is 0 Å². The Kier molecular flexibility index (Phi) is 5.88. The molecule has 0 fully saturated rings. The molecule has 2 unspecified atom stereocenters. The third kappa shape index (κ3) is 4.81. The molecule has 0 aromatic rings. The van der Waals surface area contributed by atoms with Crippen LogP contribution in [0.15, 0.2) is 0 Å². The van der Waals surface area contributed by atoms with Gasteiger partial charge in [0.25, 0.3) is 5.85 Å². The Morgan fingerprint density at radius 1 is 1.69 bits per heavy atom. The fourth-order valence-electron chi connectivity index (χ4n) is 0.759. The van der Waals surface area contributed by atoms with Crippen LogP contribution >= 0.6 is 11.6 Å². The van der Waals surface area contributed by atoms with Crippen molar-refractivity contribution in [3.05, 3.63) is 0 Å². The fourth-order valence-corrected chi connectivity index (χ4v) is 0.811. The van der Waals surface area contributed by atoms with Crippen molar-refractivity contribution in [2.45, 2.75) is 24.2 Å². The standard InChI is InChI=1S/C7H15BClFO3/c1-5(9)6(8)13-7(10,3-11)4-12-2/h5-6,11H,3-4,8H2,1-2H3/t5-,6?,7?/m0/s1. The van der Waals surface area contributed by atoms with Gasteiger partial charge in [-0.2, -0.15) is 0 Å². The molecule has 0 saturated heterocycles. The van der Waals surface area contributed by atoms with Gasteiger partial charge in [-0.05, 0) is 6.92 Å². The lowest BCUT2D eigenvalue weighted by Crippen LogP contribution is -2.42. The van der Waals surface area contributed by atoms with Gasteiger partial charge in [0, 0.05) is 18.5 Å². The molecular weight excluding hydrogens is 197 g/mol. The van der Waals surface area contributed by atoms with Crippen molar-refractivity contribution in [1.82, 2.24) is 0 Å². The summed E-state index contributed by atoms with van der Waals surface area (Å²) >= 11 is 5.68. The summed E-state index contributed by atoms with van der Waals surface area (Å²) in [7, 11) is 2.97. The van der Waals surface area contributed by atoms with Gasteiger partial charge in [-0.15, -0.1) is 11.6 Å². The van der Waals surface area contributed by atoms with Gasteiger partial charge in [-0.25, -0.2) is 4.39 Å². The van der Waals surface area contributed by atoms with Crippen LogP contribution in [0, 0.1) is 0 Å². The van der Waals surface area contributed by atoms with E-state index in [1.54, 1.807) is 14.8 Å². The number of methoxy groups -OCH3 is 1. The lowest BCUT2D eigenvalue weighted by molar-refractivity contribution is -0.206. The predicted molar refractivity (Wildman–Crippen MR) is 51.5 cm³/mol. The minimum absolute atomic E-state index is 0.308. The second-order valence-corrected chi connectivity index (χ2v) is 3.66. The molecule has 0 spiro atoms. The van der Waals surface area contributed by atoms with E-state index in [-0.39, 0.29) is 12.0 Å². The van der Waals surface area contributed by atoms with E-state index in [1.165, 1.54) is 7.11 Å². The van der Waals surface area contributed by atoms with E-state index in [4.69, 9.17) is 21.4 Å². The minimum atomic E-state index is -2.16. The molecule has 0 aliphatic rings. The first kappa shape index (κ1) is 13.2. The first-order valence-corrected chi connectivity index (χ1v) is 4.49. The number of aliphatic hydroxyl groups is 1. The van der Waals surface area contributed by atoms with Crippen LogP contribution in [0.3, 0.4) is 0 Å². The number of aliphatic hydroxyl groups excluding tert-OH is 1. The molecule has 0 aliphatic heterocycles. The average molecular weight is 212 g/mol. The third-order valence-corrected chi connectivity index (χ3v) is 1.99. The molecule has 3 atom stereocenters. The fraction of sp³-hybridized carbons (Fsp3) is 1.00. The monoisotopic (exact) mass is 212 g/mol. The maximum atomic E-state index is 13.5. The maximum absolute atomic E-state index is 13.5. The predicted octanol–water partition coefficient (Wildman–Crippen LogP) is -0.106. The van der Waals surface area contributed by atoms with Gasteiger partial charge in [0.1, 0.15) is 21.1 Å². The minimum Gasteiger partial charge on any atom is -0.390 e. The highest BCUT2D eigenvalue weighted by Crippen LogP contribution is 2.17. The van der Waals surface area contributed by atoms with Gasteiger partial charge in [0.15, 0.2) is 0 Å². The summed E-state index contributed by atoms with van der Waals surface area (Å²) in [5, 5.41) is 8.40. The first-order valence-electron chi connectivity index (χ1n) is 4.06. The van der Waals surface area contributed by atoms with Crippen LogP contribution in [0.25, 0.3) is 0 Å². The van der Waals surface area contributed by atoms with Gasteiger partial charge in [0.05, 0.1) is 0 Å². The zero-order chi connectivity index (χ0) is 10.5. The number of halogens is 2. The van der Waals surface area contributed by atoms with E-state index in [9.17, 15) is 4.39 Å². The molecule has 0 radical (unpaired) electrons. The smallest absolute Gasteiger partial charge is 0.255 e. The van der Waals surface area contributed by atoms with Crippen LogP contribution in [0.4, 0.5) is 4.39 Å². The van der Waals surface area contributed by atoms with Gasteiger partial charge in [-0.1, -0.05) is 0 Å². The van der Waals surface area contributed by atoms with Crippen LogP contribution in [-0.4, -0.2) is 50.5 Å². The quantitative estimate of drug-likeness (QED) is 0.493. The number of hydrogen-bond acceptors (Lipinski definition) is 3. The highest BCUT2D eigenvalue weighted by atomic mass is 35.5. The second-order valence-electron chi connectivity index (χ2n) is 2.97. The molecule has 0 aromatic carbocycles. The first-order chi connectivity index (χ1) is 5.95. The summed E-state index contributed by atoms with van der Waals surface area (Å²) in [5.74, 6) is -2.16. The topological polar surface area (TPSA) is 38.7 Å². The molecule has 0 heterocycles. The Balaban J connectivity index is 4.09. The molecule has 1 N–H and O–H groups in total. The Morgan fingerprint density at radius 2 is 2.23 bits per heavy atom. The zero-order valence-corrected chi connectivity index (χ0v) is 8.84. The average Bonchev–Trinajstić information content (AvgIpc) is 2.04. The van der Waals surface area contributed by atoms with Gasteiger partial charge < -0.3 is 14.6 Å². The molecule has 78 valence electrons. The molecule has 0 aliphatic carbocycles. The van der Waals surface area contributed by atoms with Crippen molar-refractivity contribution in [3.63, 3.8) is 0 Å². The number of ether oxygens (including phenoxy) is 2. The summed E-state index contributed by atoms with van der Waals surface area (Å²) in [5.41, 5.74) is 0. The third-order valence-electron chi connectivity index (χ3n) is 1.64. The normalized spacial score (nSPS) is 20.7. The van der Waals surface area contributed by atoms with Gasteiger partial charge >= 0.3 is 0 Å². The van der Waals surface area contributed by atoms with Gasteiger partial charge in [-0.3, -0.25) is 0 Å². The Bertz CT molecular complexity index is 150. The molecule has 13 heavy (non-hydrogen) atoms. The van der Waals surface area contributed by atoms with Crippen molar-refractivity contribution in [1.29, 1.82) is 0 Å². The summed E-state index contributed by atoms with van der Waals surface area (Å²) in [6.07, 6.45) is 0.